The topological polar surface area (TPSA) is 96.7 Å². The van der Waals surface area contributed by atoms with Gasteiger partial charge in [-0.05, 0) is 36.4 Å². The van der Waals surface area contributed by atoms with Gasteiger partial charge in [-0.15, -0.1) is 10.2 Å². The Morgan fingerprint density at radius 1 is 1.08 bits per heavy atom. The Kier molecular flexibility index (Phi) is 3.88. The number of aromatic nitrogens is 4. The molecular weight excluding hydrogens is 344 g/mol. The van der Waals surface area contributed by atoms with Crippen molar-refractivity contribution in [3.63, 3.8) is 0 Å². The number of amides is 1. The summed E-state index contributed by atoms with van der Waals surface area (Å²) in [5, 5.41) is 9.50. The molecule has 0 aliphatic heterocycles. The fourth-order valence-corrected chi connectivity index (χ4v) is 2.40. The first-order chi connectivity index (χ1) is 12.6. The molecule has 130 valence electrons. The number of halogens is 2. The van der Waals surface area contributed by atoms with E-state index in [0.717, 1.165) is 11.0 Å². The maximum Gasteiger partial charge on any atom is 0.314 e. The SMILES string of the molecule is O=C(Nc1nc2ccccc2[nH]1)c1ccc(-c2nnc(C(F)F)o2)cc1. The minimum atomic E-state index is -2.83. The Morgan fingerprint density at radius 2 is 1.85 bits per heavy atom. The second kappa shape index (κ2) is 6.36. The van der Waals surface area contributed by atoms with Crippen LogP contribution in [0.3, 0.4) is 0 Å². The fraction of sp³-hybridized carbons (Fsp3) is 0.0588. The van der Waals surface area contributed by atoms with Gasteiger partial charge in [0.1, 0.15) is 0 Å². The standard InChI is InChI=1S/C17H11F2N5O2/c18-13(19)16-24-23-15(26-16)10-7-5-9(6-8-10)14(25)22-17-20-11-3-1-2-4-12(11)21-17/h1-8,13H,(H2,20,21,22,25). The molecule has 2 aromatic heterocycles. The lowest BCUT2D eigenvalue weighted by Gasteiger charge is -2.02. The number of nitrogens with one attached hydrogen (secondary N) is 2. The zero-order valence-electron chi connectivity index (χ0n) is 13.1. The van der Waals surface area contributed by atoms with Gasteiger partial charge < -0.3 is 9.40 Å². The normalized spacial score (nSPS) is 11.2. The number of benzene rings is 2. The Morgan fingerprint density at radius 3 is 2.54 bits per heavy atom. The van der Waals surface area contributed by atoms with Gasteiger partial charge in [-0.2, -0.15) is 8.78 Å². The quantitative estimate of drug-likeness (QED) is 0.580. The van der Waals surface area contributed by atoms with E-state index < -0.39 is 12.3 Å². The molecule has 0 saturated carbocycles. The summed E-state index contributed by atoms with van der Waals surface area (Å²) in [5.74, 6) is -0.815. The van der Waals surface area contributed by atoms with Crippen LogP contribution in [0.4, 0.5) is 14.7 Å². The predicted molar refractivity (Wildman–Crippen MR) is 88.7 cm³/mol. The van der Waals surface area contributed by atoms with Gasteiger partial charge >= 0.3 is 6.43 Å². The third-order valence-electron chi connectivity index (χ3n) is 3.64. The van der Waals surface area contributed by atoms with Crippen LogP contribution in [-0.2, 0) is 0 Å². The summed E-state index contributed by atoms with van der Waals surface area (Å²) in [7, 11) is 0. The Bertz CT molecular complexity index is 1040. The smallest absolute Gasteiger partial charge is 0.314 e. The molecule has 0 aliphatic carbocycles. The molecule has 0 fully saturated rings. The highest BCUT2D eigenvalue weighted by Crippen LogP contribution is 2.23. The minimum Gasteiger partial charge on any atom is -0.415 e. The number of anilines is 1. The van der Waals surface area contributed by atoms with Crippen LogP contribution in [-0.4, -0.2) is 26.1 Å². The highest BCUT2D eigenvalue weighted by molar-refractivity contribution is 6.04. The third kappa shape index (κ3) is 3.02. The zero-order valence-corrected chi connectivity index (χ0v) is 13.1. The number of imidazole rings is 1. The molecular formula is C17H11F2N5O2. The van der Waals surface area contributed by atoms with Crippen molar-refractivity contribution in [2.24, 2.45) is 0 Å². The summed E-state index contributed by atoms with van der Waals surface area (Å²) < 4.78 is 29.9. The molecule has 2 heterocycles. The van der Waals surface area contributed by atoms with Crippen molar-refractivity contribution < 1.29 is 18.0 Å². The lowest BCUT2D eigenvalue weighted by Crippen LogP contribution is -2.12. The van der Waals surface area contributed by atoms with Crippen molar-refractivity contribution in [3.8, 4) is 11.5 Å². The Balaban J connectivity index is 1.51. The first kappa shape index (κ1) is 15.9. The van der Waals surface area contributed by atoms with Crippen LogP contribution in [0.25, 0.3) is 22.5 Å². The number of H-pyrrole nitrogens is 1. The number of rotatable bonds is 4. The number of carbonyl (C=O) groups excluding carboxylic acids is 1. The molecule has 0 aliphatic rings. The van der Waals surface area contributed by atoms with Crippen molar-refractivity contribution in [2.45, 2.75) is 6.43 Å². The van der Waals surface area contributed by atoms with Gasteiger partial charge in [-0.1, -0.05) is 12.1 Å². The number of fused-ring (bicyclic) bond motifs is 1. The molecule has 26 heavy (non-hydrogen) atoms. The van der Waals surface area contributed by atoms with Crippen LogP contribution in [0.1, 0.15) is 22.7 Å². The van der Waals surface area contributed by atoms with Gasteiger partial charge in [0.15, 0.2) is 0 Å². The number of nitrogens with zero attached hydrogens (tertiary/aromatic N) is 3. The van der Waals surface area contributed by atoms with Gasteiger partial charge in [0, 0.05) is 11.1 Å². The average molecular weight is 355 g/mol. The summed E-state index contributed by atoms with van der Waals surface area (Å²) in [5.41, 5.74) is 2.35. The molecule has 9 heteroatoms. The van der Waals surface area contributed by atoms with Crippen molar-refractivity contribution in [1.82, 2.24) is 20.2 Å². The summed E-state index contributed by atoms with van der Waals surface area (Å²) in [6.07, 6.45) is -2.83. The monoisotopic (exact) mass is 355 g/mol. The molecule has 7 nitrogen and oxygen atoms in total. The van der Waals surface area contributed by atoms with E-state index in [2.05, 4.69) is 25.5 Å². The lowest BCUT2D eigenvalue weighted by atomic mass is 10.1. The summed E-state index contributed by atoms with van der Waals surface area (Å²) >= 11 is 0. The van der Waals surface area contributed by atoms with Gasteiger partial charge in [0.25, 0.3) is 11.8 Å². The number of alkyl halides is 2. The second-order valence-corrected chi connectivity index (χ2v) is 5.38. The van der Waals surface area contributed by atoms with Crippen molar-refractivity contribution in [2.75, 3.05) is 5.32 Å². The number of hydrogen-bond acceptors (Lipinski definition) is 5. The van der Waals surface area contributed by atoms with Crippen LogP contribution >= 0.6 is 0 Å². The maximum atomic E-state index is 12.5. The van der Waals surface area contributed by atoms with Crippen LogP contribution in [0.2, 0.25) is 0 Å². The van der Waals surface area contributed by atoms with E-state index in [9.17, 15) is 13.6 Å². The molecule has 0 saturated heterocycles. The molecule has 0 bridgehead atoms. The Hall–Kier alpha value is -3.62. The van der Waals surface area contributed by atoms with E-state index in [1.54, 1.807) is 0 Å². The van der Waals surface area contributed by atoms with E-state index >= 15 is 0 Å². The fourth-order valence-electron chi connectivity index (χ4n) is 2.40. The molecule has 0 spiro atoms. The minimum absolute atomic E-state index is 0.0375. The number of carbonyl (C=O) groups is 1. The van der Waals surface area contributed by atoms with E-state index in [4.69, 9.17) is 4.42 Å². The summed E-state index contributed by atoms with van der Waals surface area (Å²) in [4.78, 5) is 19.6. The largest absolute Gasteiger partial charge is 0.415 e. The van der Waals surface area contributed by atoms with E-state index in [0.29, 0.717) is 17.1 Å². The highest BCUT2D eigenvalue weighted by atomic mass is 19.3. The number of hydrogen-bond donors (Lipinski definition) is 2. The molecule has 2 N–H and O–H groups in total. The summed E-state index contributed by atoms with van der Waals surface area (Å²) in [6, 6.07) is 13.5. The first-order valence-corrected chi connectivity index (χ1v) is 7.58. The van der Waals surface area contributed by atoms with Crippen LogP contribution in [0.15, 0.2) is 52.9 Å². The van der Waals surface area contributed by atoms with Gasteiger partial charge in [-0.25, -0.2) is 4.98 Å². The molecule has 0 unspecified atom stereocenters. The van der Waals surface area contributed by atoms with Crippen molar-refractivity contribution >= 4 is 22.9 Å². The number of aromatic amines is 1. The highest BCUT2D eigenvalue weighted by Gasteiger charge is 2.17. The zero-order chi connectivity index (χ0) is 18.1. The maximum absolute atomic E-state index is 12.5. The van der Waals surface area contributed by atoms with Crippen LogP contribution < -0.4 is 5.32 Å². The molecule has 0 atom stereocenters. The molecule has 4 aromatic rings. The average Bonchev–Trinajstić information content (AvgIpc) is 3.28. The molecule has 0 radical (unpaired) electrons. The predicted octanol–water partition coefficient (Wildman–Crippen LogP) is 3.80. The van der Waals surface area contributed by atoms with Gasteiger partial charge in [0.05, 0.1) is 11.0 Å². The Labute approximate surface area is 145 Å². The summed E-state index contributed by atoms with van der Waals surface area (Å²) in [6.45, 7) is 0. The van der Waals surface area contributed by atoms with Crippen LogP contribution in [0, 0.1) is 0 Å². The van der Waals surface area contributed by atoms with E-state index in [1.807, 2.05) is 24.3 Å². The van der Waals surface area contributed by atoms with E-state index in [-0.39, 0.29) is 11.8 Å². The molecule has 4 rings (SSSR count). The van der Waals surface area contributed by atoms with Crippen molar-refractivity contribution in [3.05, 3.63) is 60.0 Å². The number of para-hydroxylation sites is 2. The third-order valence-corrected chi connectivity index (χ3v) is 3.64. The first-order valence-electron chi connectivity index (χ1n) is 7.58. The molecule has 2 aromatic carbocycles. The lowest BCUT2D eigenvalue weighted by molar-refractivity contribution is 0.102. The van der Waals surface area contributed by atoms with Gasteiger partial charge in [-0.3, -0.25) is 10.1 Å². The van der Waals surface area contributed by atoms with Gasteiger partial charge in [0.2, 0.25) is 11.8 Å². The van der Waals surface area contributed by atoms with Crippen molar-refractivity contribution in [1.29, 1.82) is 0 Å². The second-order valence-electron chi connectivity index (χ2n) is 5.38. The molecule has 1 amide bonds. The van der Waals surface area contributed by atoms with Crippen LogP contribution in [0.5, 0.6) is 0 Å². The van der Waals surface area contributed by atoms with E-state index in [1.165, 1.54) is 24.3 Å².